The van der Waals surface area contributed by atoms with Crippen molar-refractivity contribution in [3.63, 3.8) is 0 Å². The third kappa shape index (κ3) is 7.60. The summed E-state index contributed by atoms with van der Waals surface area (Å²) in [6.45, 7) is 9.93. The number of rotatable bonds is 11. The number of benzene rings is 1. The Kier molecular flexibility index (Phi) is 9.56. The van der Waals surface area contributed by atoms with Crippen LogP contribution in [0.25, 0.3) is 0 Å². The lowest BCUT2D eigenvalue weighted by molar-refractivity contribution is -0.129. The Labute approximate surface area is 136 Å². The average molecular weight is 304 g/mol. The lowest BCUT2D eigenvalue weighted by Crippen LogP contribution is -2.31. The van der Waals surface area contributed by atoms with E-state index in [4.69, 9.17) is 0 Å². The predicted molar refractivity (Wildman–Crippen MR) is 94.1 cm³/mol. The Bertz CT molecular complexity index is 405. The summed E-state index contributed by atoms with van der Waals surface area (Å²) in [5.41, 5.74) is 1.39. The smallest absolute Gasteiger partial charge is 0.219 e. The van der Waals surface area contributed by atoms with E-state index >= 15 is 0 Å². The number of amides is 1. The molecular weight excluding hydrogens is 272 g/mol. The zero-order chi connectivity index (χ0) is 16.2. The molecule has 0 bridgehead atoms. The second-order valence-electron chi connectivity index (χ2n) is 6.08. The van der Waals surface area contributed by atoms with Crippen molar-refractivity contribution >= 4 is 5.91 Å². The van der Waals surface area contributed by atoms with E-state index in [1.165, 1.54) is 5.56 Å². The summed E-state index contributed by atoms with van der Waals surface area (Å²) < 4.78 is 0. The van der Waals surface area contributed by atoms with Crippen molar-refractivity contribution in [1.29, 1.82) is 0 Å². The van der Waals surface area contributed by atoms with Crippen molar-refractivity contribution in [2.24, 2.45) is 0 Å². The molecule has 0 fully saturated rings. The predicted octanol–water partition coefficient (Wildman–Crippen LogP) is 3.81. The summed E-state index contributed by atoms with van der Waals surface area (Å²) >= 11 is 0. The van der Waals surface area contributed by atoms with Gasteiger partial charge < -0.3 is 10.2 Å². The van der Waals surface area contributed by atoms with Gasteiger partial charge in [-0.15, -0.1) is 0 Å². The zero-order valence-corrected chi connectivity index (χ0v) is 14.5. The molecular formula is C19H32N2O. The highest BCUT2D eigenvalue weighted by Gasteiger charge is 2.07. The molecule has 3 nitrogen and oxygen atoms in total. The number of carbonyl (C=O) groups excluding carboxylic acids is 1. The van der Waals surface area contributed by atoms with Gasteiger partial charge in [0.15, 0.2) is 0 Å². The summed E-state index contributed by atoms with van der Waals surface area (Å²) in [5.74, 6) is 0.749. The number of nitrogens with one attached hydrogen (secondary N) is 1. The molecule has 0 aliphatic carbocycles. The zero-order valence-electron chi connectivity index (χ0n) is 14.5. The Balaban J connectivity index is 2.11. The molecule has 22 heavy (non-hydrogen) atoms. The normalized spacial score (nSPS) is 12.1. The van der Waals surface area contributed by atoms with Crippen LogP contribution >= 0.6 is 0 Å². The maximum atomic E-state index is 11.5. The first kappa shape index (κ1) is 18.7. The van der Waals surface area contributed by atoms with E-state index in [2.05, 4.69) is 49.5 Å². The van der Waals surface area contributed by atoms with Crippen LogP contribution in [0.3, 0.4) is 0 Å². The fourth-order valence-electron chi connectivity index (χ4n) is 2.55. The van der Waals surface area contributed by atoms with E-state index in [0.717, 1.165) is 51.9 Å². The van der Waals surface area contributed by atoms with Crippen molar-refractivity contribution in [3.05, 3.63) is 35.9 Å². The largest absolute Gasteiger partial charge is 0.343 e. The lowest BCUT2D eigenvalue weighted by Gasteiger charge is -2.20. The van der Waals surface area contributed by atoms with Crippen molar-refractivity contribution in [1.82, 2.24) is 10.2 Å². The third-order valence-electron chi connectivity index (χ3n) is 4.08. The van der Waals surface area contributed by atoms with Gasteiger partial charge in [0.1, 0.15) is 0 Å². The first-order chi connectivity index (χ1) is 10.6. The molecule has 1 aromatic rings. The van der Waals surface area contributed by atoms with Crippen LogP contribution in [0.1, 0.15) is 57.9 Å². The molecule has 0 heterocycles. The number of unbranched alkanes of at least 4 members (excludes halogenated alkanes) is 2. The van der Waals surface area contributed by atoms with Crippen molar-refractivity contribution in [2.45, 2.75) is 52.4 Å². The minimum atomic E-state index is 0.208. The molecule has 0 aromatic heterocycles. The highest BCUT2D eigenvalue weighted by Crippen LogP contribution is 2.12. The molecule has 124 valence electrons. The molecule has 1 amide bonds. The molecule has 0 aliphatic rings. The molecule has 0 saturated carbocycles. The molecule has 0 spiro atoms. The summed E-state index contributed by atoms with van der Waals surface area (Å²) in [7, 11) is 0. The Hall–Kier alpha value is -1.35. The molecule has 1 aromatic carbocycles. The van der Waals surface area contributed by atoms with E-state index in [0.29, 0.717) is 5.92 Å². The number of hydrogen-bond donors (Lipinski definition) is 1. The Morgan fingerprint density at radius 1 is 1.14 bits per heavy atom. The van der Waals surface area contributed by atoms with Crippen molar-refractivity contribution in [3.8, 4) is 0 Å². The molecule has 1 unspecified atom stereocenters. The van der Waals surface area contributed by atoms with Gasteiger partial charge in [0.05, 0.1) is 0 Å². The van der Waals surface area contributed by atoms with Gasteiger partial charge in [-0.1, -0.05) is 50.6 Å². The molecule has 0 aliphatic heterocycles. The summed E-state index contributed by atoms with van der Waals surface area (Å²) in [5, 5.41) is 3.53. The van der Waals surface area contributed by atoms with Crippen LogP contribution in [0.4, 0.5) is 0 Å². The van der Waals surface area contributed by atoms with E-state index in [9.17, 15) is 4.79 Å². The second-order valence-corrected chi connectivity index (χ2v) is 6.08. The van der Waals surface area contributed by atoms with E-state index in [-0.39, 0.29) is 5.91 Å². The first-order valence-electron chi connectivity index (χ1n) is 8.66. The first-order valence-corrected chi connectivity index (χ1v) is 8.66. The summed E-state index contributed by atoms with van der Waals surface area (Å²) in [6, 6.07) is 10.6. The standard InChI is InChI=1S/C19H32N2O/c1-4-5-14-21(18(3)22)15-10-9-13-20-16-17(2)19-11-7-6-8-12-19/h6-8,11-12,17,20H,4-5,9-10,13-16H2,1-3H3. The maximum absolute atomic E-state index is 11.5. The van der Waals surface area contributed by atoms with E-state index < -0.39 is 0 Å². The van der Waals surface area contributed by atoms with Gasteiger partial charge >= 0.3 is 0 Å². The number of nitrogens with zero attached hydrogens (tertiary/aromatic N) is 1. The quantitative estimate of drug-likeness (QED) is 0.631. The van der Waals surface area contributed by atoms with Gasteiger partial charge in [0.2, 0.25) is 5.91 Å². The molecule has 0 saturated heterocycles. The minimum Gasteiger partial charge on any atom is -0.343 e. The molecule has 1 N–H and O–H groups in total. The molecule has 1 atom stereocenters. The summed E-state index contributed by atoms with van der Waals surface area (Å²) in [6.07, 6.45) is 4.45. The highest BCUT2D eigenvalue weighted by atomic mass is 16.2. The van der Waals surface area contributed by atoms with E-state index in [1.807, 2.05) is 4.90 Å². The molecule has 3 heteroatoms. The maximum Gasteiger partial charge on any atom is 0.219 e. The lowest BCUT2D eigenvalue weighted by atomic mass is 10.0. The van der Waals surface area contributed by atoms with Crippen LogP contribution in [0.2, 0.25) is 0 Å². The van der Waals surface area contributed by atoms with Crippen molar-refractivity contribution < 1.29 is 4.79 Å². The van der Waals surface area contributed by atoms with Crippen LogP contribution in [-0.4, -0.2) is 37.0 Å². The van der Waals surface area contributed by atoms with Crippen LogP contribution < -0.4 is 5.32 Å². The number of carbonyl (C=O) groups is 1. The van der Waals surface area contributed by atoms with Crippen LogP contribution in [-0.2, 0) is 4.79 Å². The van der Waals surface area contributed by atoms with E-state index in [1.54, 1.807) is 6.92 Å². The fourth-order valence-corrected chi connectivity index (χ4v) is 2.55. The third-order valence-corrected chi connectivity index (χ3v) is 4.08. The highest BCUT2D eigenvalue weighted by molar-refractivity contribution is 5.73. The van der Waals surface area contributed by atoms with Gasteiger partial charge in [-0.2, -0.15) is 0 Å². The number of hydrogen-bond acceptors (Lipinski definition) is 2. The van der Waals surface area contributed by atoms with Crippen LogP contribution in [0.15, 0.2) is 30.3 Å². The Morgan fingerprint density at radius 2 is 1.82 bits per heavy atom. The van der Waals surface area contributed by atoms with Gasteiger partial charge in [0, 0.05) is 26.6 Å². The van der Waals surface area contributed by atoms with Gasteiger partial charge in [-0.3, -0.25) is 4.79 Å². The average Bonchev–Trinajstić information content (AvgIpc) is 2.53. The monoisotopic (exact) mass is 304 g/mol. The summed E-state index contributed by atoms with van der Waals surface area (Å²) in [4.78, 5) is 13.5. The van der Waals surface area contributed by atoms with Crippen molar-refractivity contribution in [2.75, 3.05) is 26.2 Å². The molecule has 1 rings (SSSR count). The minimum absolute atomic E-state index is 0.208. The topological polar surface area (TPSA) is 32.3 Å². The van der Waals surface area contributed by atoms with Crippen LogP contribution in [0, 0.1) is 0 Å². The molecule has 0 radical (unpaired) electrons. The van der Waals surface area contributed by atoms with Crippen LogP contribution in [0.5, 0.6) is 0 Å². The SMILES string of the molecule is CCCCN(CCCCNCC(C)c1ccccc1)C(C)=O. The Morgan fingerprint density at radius 3 is 2.45 bits per heavy atom. The van der Waals surface area contributed by atoms with Gasteiger partial charge in [-0.25, -0.2) is 0 Å². The van der Waals surface area contributed by atoms with Gasteiger partial charge in [0.25, 0.3) is 0 Å². The fraction of sp³-hybridized carbons (Fsp3) is 0.632. The van der Waals surface area contributed by atoms with Gasteiger partial charge in [-0.05, 0) is 37.3 Å². The second kappa shape index (κ2) is 11.2.